The zero-order chi connectivity index (χ0) is 31.4. The van der Waals surface area contributed by atoms with Crippen molar-refractivity contribution in [3.8, 4) is 0 Å². The number of ether oxygens (including phenoxy) is 1. The monoisotopic (exact) mass is 683 g/mol. The van der Waals surface area contributed by atoms with E-state index in [4.69, 9.17) is 4.74 Å². The quantitative estimate of drug-likeness (QED) is 0.410. The molecular weight excluding hydrogens is 642 g/mol. The van der Waals surface area contributed by atoms with E-state index in [0.717, 1.165) is 59.2 Å². The number of piperidine rings is 1. The van der Waals surface area contributed by atoms with Crippen molar-refractivity contribution in [2.75, 3.05) is 29.5 Å². The molecule has 2 aromatic carbocycles. The molecule has 4 aliphatic heterocycles. The van der Waals surface area contributed by atoms with Crippen molar-refractivity contribution in [3.05, 3.63) is 58.1 Å². The topological polar surface area (TPSA) is 111 Å². The number of carbonyl (C=O) groups excluding carboxylic acids is 3. The standard InChI is InChI=1S/C33H42BrN3O6Si/c1-21-31(44(2,3)42)28(18-30(40)36-16-6-7-25(36)20-38)43-33(21)26-17-23(34)11-14-27(26)37(32(33)41)19-22-9-12-24(13-10-22)35-15-5-4-8-29(35)39/h9-14,17,21,25,28,31,38,42H,4-8,15-16,18-20H2,1-3H3/t21-,25-,28+,31-,33+/m0/s1. The molecule has 2 N–H and O–H groups in total. The summed E-state index contributed by atoms with van der Waals surface area (Å²) in [5.74, 6) is -0.539. The number of halogens is 1. The Kier molecular flexibility index (Phi) is 8.55. The molecule has 3 amide bonds. The van der Waals surface area contributed by atoms with E-state index in [1.807, 2.05) is 67.4 Å². The number of nitrogens with zero attached hydrogens (tertiary/aromatic N) is 3. The van der Waals surface area contributed by atoms with Gasteiger partial charge in [0.1, 0.15) is 0 Å². The Hall–Kier alpha value is -2.57. The van der Waals surface area contributed by atoms with E-state index >= 15 is 0 Å². The van der Waals surface area contributed by atoms with E-state index in [2.05, 4.69) is 15.9 Å². The van der Waals surface area contributed by atoms with E-state index in [1.54, 1.807) is 9.80 Å². The number of carbonyl (C=O) groups is 3. The number of benzene rings is 2. The van der Waals surface area contributed by atoms with Crippen LogP contribution in [0.4, 0.5) is 11.4 Å². The number of anilines is 2. The molecule has 1 spiro atoms. The van der Waals surface area contributed by atoms with Crippen molar-refractivity contribution in [2.45, 2.75) is 88.4 Å². The van der Waals surface area contributed by atoms with Crippen molar-refractivity contribution in [2.24, 2.45) is 5.92 Å². The fourth-order valence-corrected chi connectivity index (χ4v) is 11.0. The highest BCUT2D eigenvalue weighted by atomic mass is 79.9. The van der Waals surface area contributed by atoms with Crippen molar-refractivity contribution in [1.29, 1.82) is 0 Å². The van der Waals surface area contributed by atoms with Gasteiger partial charge in [-0.3, -0.25) is 14.4 Å². The summed E-state index contributed by atoms with van der Waals surface area (Å²) in [5, 5.41) is 9.82. The van der Waals surface area contributed by atoms with Crippen LogP contribution in [0.2, 0.25) is 18.6 Å². The summed E-state index contributed by atoms with van der Waals surface area (Å²) in [6.45, 7) is 7.24. The summed E-state index contributed by atoms with van der Waals surface area (Å²) in [6, 6.07) is 13.4. The molecule has 0 aliphatic carbocycles. The summed E-state index contributed by atoms with van der Waals surface area (Å²) >= 11 is 3.60. The van der Waals surface area contributed by atoms with Gasteiger partial charge >= 0.3 is 0 Å². The third-order valence-electron chi connectivity index (χ3n) is 10.1. The number of hydrogen-bond acceptors (Lipinski definition) is 6. The smallest absolute Gasteiger partial charge is 0.264 e. The van der Waals surface area contributed by atoms with Gasteiger partial charge in [-0.15, -0.1) is 0 Å². The highest BCUT2D eigenvalue weighted by molar-refractivity contribution is 9.10. The first-order valence-electron chi connectivity index (χ1n) is 15.8. The lowest BCUT2D eigenvalue weighted by molar-refractivity contribution is -0.150. The lowest BCUT2D eigenvalue weighted by atomic mass is 9.82. The van der Waals surface area contributed by atoms with Crippen molar-refractivity contribution < 1.29 is 29.0 Å². The van der Waals surface area contributed by atoms with Gasteiger partial charge in [0.2, 0.25) is 11.8 Å². The van der Waals surface area contributed by atoms with Crippen LogP contribution in [0, 0.1) is 5.92 Å². The fraction of sp³-hybridized carbons (Fsp3) is 0.545. The summed E-state index contributed by atoms with van der Waals surface area (Å²) in [5.41, 5.74) is 1.58. The molecule has 3 fully saturated rings. The molecule has 236 valence electrons. The van der Waals surface area contributed by atoms with Crippen LogP contribution in [0.1, 0.15) is 56.6 Å². The number of aliphatic hydroxyl groups excluding tert-OH is 1. The van der Waals surface area contributed by atoms with Crippen LogP contribution in [0.25, 0.3) is 0 Å². The maximum absolute atomic E-state index is 14.7. The predicted molar refractivity (Wildman–Crippen MR) is 174 cm³/mol. The van der Waals surface area contributed by atoms with Gasteiger partial charge < -0.3 is 29.3 Å². The largest absolute Gasteiger partial charge is 0.432 e. The molecule has 0 bridgehead atoms. The normalized spacial score (nSPS) is 28.8. The Labute approximate surface area is 268 Å². The molecule has 4 heterocycles. The minimum atomic E-state index is -2.92. The molecule has 3 saturated heterocycles. The van der Waals surface area contributed by atoms with Gasteiger partial charge in [-0.25, -0.2) is 0 Å². The minimum Gasteiger partial charge on any atom is -0.432 e. The Morgan fingerprint density at radius 3 is 2.52 bits per heavy atom. The first kappa shape index (κ1) is 31.4. The molecule has 5 atom stereocenters. The fourth-order valence-electron chi connectivity index (χ4n) is 8.09. The third-order valence-corrected chi connectivity index (χ3v) is 13.1. The molecule has 0 saturated carbocycles. The Bertz CT molecular complexity index is 1450. The Morgan fingerprint density at radius 1 is 1.09 bits per heavy atom. The van der Waals surface area contributed by atoms with Crippen molar-refractivity contribution in [1.82, 2.24) is 4.90 Å². The Balaban J connectivity index is 1.31. The highest BCUT2D eigenvalue weighted by Crippen LogP contribution is 2.60. The van der Waals surface area contributed by atoms with Crippen molar-refractivity contribution >= 4 is 53.3 Å². The van der Waals surface area contributed by atoms with E-state index in [9.17, 15) is 24.3 Å². The molecule has 0 radical (unpaired) electrons. The van der Waals surface area contributed by atoms with E-state index in [-0.39, 0.29) is 48.3 Å². The van der Waals surface area contributed by atoms with Gasteiger partial charge in [0.05, 0.1) is 37.4 Å². The van der Waals surface area contributed by atoms with Crippen LogP contribution in [0.3, 0.4) is 0 Å². The number of amides is 3. The van der Waals surface area contributed by atoms with Gasteiger partial charge in [-0.2, -0.15) is 0 Å². The van der Waals surface area contributed by atoms with Gasteiger partial charge in [0, 0.05) is 46.7 Å². The molecule has 6 rings (SSSR count). The van der Waals surface area contributed by atoms with Crippen LogP contribution in [0.15, 0.2) is 46.9 Å². The van der Waals surface area contributed by atoms with Crippen LogP contribution >= 0.6 is 15.9 Å². The minimum absolute atomic E-state index is 0.0531. The lowest BCUT2D eigenvalue weighted by Gasteiger charge is -2.33. The van der Waals surface area contributed by atoms with E-state index < -0.39 is 20.0 Å². The zero-order valence-corrected chi connectivity index (χ0v) is 28.3. The molecular formula is C33H42BrN3O6Si. The van der Waals surface area contributed by atoms with Gasteiger partial charge in [-0.1, -0.05) is 35.0 Å². The SMILES string of the molecule is C[C@H]1[C@H]([Si](C)(C)O)[C@@H](CC(=O)N2CCC[C@H]2CO)O[C@]12C(=O)N(Cc1ccc(N3CCCCC3=O)cc1)c1ccc(Br)cc12. The molecule has 9 nitrogen and oxygen atoms in total. The third kappa shape index (κ3) is 5.34. The highest BCUT2D eigenvalue weighted by Gasteiger charge is 2.66. The number of aliphatic hydroxyl groups is 1. The Morgan fingerprint density at radius 2 is 1.84 bits per heavy atom. The van der Waals surface area contributed by atoms with Gasteiger partial charge in [0.15, 0.2) is 13.9 Å². The molecule has 0 aromatic heterocycles. The van der Waals surface area contributed by atoms with Crippen LogP contribution in [0.5, 0.6) is 0 Å². The summed E-state index contributed by atoms with van der Waals surface area (Å²) in [7, 11) is -2.92. The molecule has 2 aromatic rings. The first-order chi connectivity index (χ1) is 21.0. The van der Waals surface area contributed by atoms with E-state index in [1.165, 1.54) is 0 Å². The molecule has 0 unspecified atom stereocenters. The maximum atomic E-state index is 14.7. The summed E-state index contributed by atoms with van der Waals surface area (Å²) < 4.78 is 7.66. The summed E-state index contributed by atoms with van der Waals surface area (Å²) in [4.78, 5) is 57.5. The summed E-state index contributed by atoms with van der Waals surface area (Å²) in [6.07, 6.45) is 3.51. The van der Waals surface area contributed by atoms with Gasteiger partial charge in [-0.05, 0) is 74.7 Å². The molecule has 44 heavy (non-hydrogen) atoms. The lowest BCUT2D eigenvalue weighted by Crippen LogP contribution is -2.46. The second kappa shape index (κ2) is 12.0. The average molecular weight is 685 g/mol. The zero-order valence-electron chi connectivity index (χ0n) is 25.7. The number of fused-ring (bicyclic) bond motifs is 2. The van der Waals surface area contributed by atoms with Crippen molar-refractivity contribution in [3.63, 3.8) is 0 Å². The first-order valence-corrected chi connectivity index (χ1v) is 19.6. The number of likely N-dealkylation sites (tertiary alicyclic amines) is 1. The van der Waals surface area contributed by atoms with Gasteiger partial charge in [0.25, 0.3) is 5.91 Å². The maximum Gasteiger partial charge on any atom is 0.264 e. The van der Waals surface area contributed by atoms with Crippen LogP contribution < -0.4 is 9.80 Å². The molecule has 11 heteroatoms. The second-order valence-electron chi connectivity index (χ2n) is 13.4. The van der Waals surface area contributed by atoms with E-state index in [0.29, 0.717) is 19.5 Å². The van der Waals surface area contributed by atoms with Crippen LogP contribution in [-0.2, 0) is 31.3 Å². The average Bonchev–Trinajstić information content (AvgIpc) is 3.64. The predicted octanol–water partition coefficient (Wildman–Crippen LogP) is 4.68. The number of rotatable bonds is 7. The number of hydrogen-bond donors (Lipinski definition) is 2. The second-order valence-corrected chi connectivity index (χ2v) is 18.2. The molecule has 4 aliphatic rings. The van der Waals surface area contributed by atoms with Crippen LogP contribution in [-0.4, -0.2) is 72.7 Å².